The van der Waals surface area contributed by atoms with Gasteiger partial charge in [-0.05, 0) is 36.6 Å². The van der Waals surface area contributed by atoms with E-state index < -0.39 is 0 Å². The zero-order valence-corrected chi connectivity index (χ0v) is 14.0. The van der Waals surface area contributed by atoms with Crippen molar-refractivity contribution < 1.29 is 9.47 Å². The summed E-state index contributed by atoms with van der Waals surface area (Å²) in [7, 11) is 3.27. The molecule has 1 aromatic heterocycles. The summed E-state index contributed by atoms with van der Waals surface area (Å²) in [5.41, 5.74) is 4.79. The van der Waals surface area contributed by atoms with E-state index in [-0.39, 0.29) is 0 Å². The van der Waals surface area contributed by atoms with E-state index in [9.17, 15) is 0 Å². The molecule has 1 aliphatic heterocycles. The first-order valence-corrected chi connectivity index (χ1v) is 7.95. The van der Waals surface area contributed by atoms with Crippen LogP contribution in [0.1, 0.15) is 11.1 Å². The average molecular weight is 321 g/mol. The Morgan fingerprint density at radius 1 is 1.04 bits per heavy atom. The first-order valence-electron chi connectivity index (χ1n) is 7.95. The monoisotopic (exact) mass is 321 g/mol. The van der Waals surface area contributed by atoms with Gasteiger partial charge in [0.25, 0.3) is 0 Å². The summed E-state index contributed by atoms with van der Waals surface area (Å²) in [6.07, 6.45) is 2.64. The molecule has 3 aromatic rings. The largest absolute Gasteiger partial charge is 0.493 e. The van der Waals surface area contributed by atoms with Crippen molar-refractivity contribution >= 4 is 22.4 Å². The van der Waals surface area contributed by atoms with Crippen LogP contribution in [0, 0.1) is 6.92 Å². The summed E-state index contributed by atoms with van der Waals surface area (Å²) in [5, 5.41) is 0.963. The third-order valence-electron chi connectivity index (χ3n) is 4.64. The molecule has 5 heteroatoms. The number of hydrogen-bond donors (Lipinski definition) is 0. The summed E-state index contributed by atoms with van der Waals surface area (Å²) in [6, 6.07) is 10.3. The Balaban J connectivity index is 1.91. The topological polar surface area (TPSA) is 47.5 Å². The fourth-order valence-electron chi connectivity index (χ4n) is 3.41. The van der Waals surface area contributed by atoms with Gasteiger partial charge in [-0.3, -0.25) is 0 Å². The van der Waals surface area contributed by atoms with Crippen LogP contribution in [0.3, 0.4) is 0 Å². The number of benzene rings is 2. The highest BCUT2D eigenvalue weighted by Gasteiger charge is 2.24. The van der Waals surface area contributed by atoms with E-state index in [4.69, 9.17) is 9.47 Å². The summed E-state index contributed by atoms with van der Waals surface area (Å²) in [4.78, 5) is 11.2. The Hall–Kier alpha value is -2.82. The van der Waals surface area contributed by atoms with Crippen molar-refractivity contribution in [2.24, 2.45) is 0 Å². The van der Waals surface area contributed by atoms with Crippen molar-refractivity contribution in [3.05, 3.63) is 47.8 Å². The third kappa shape index (κ3) is 2.16. The van der Waals surface area contributed by atoms with Crippen molar-refractivity contribution in [1.82, 2.24) is 9.97 Å². The number of nitrogens with zero attached hydrogens (tertiary/aromatic N) is 3. The molecule has 24 heavy (non-hydrogen) atoms. The summed E-state index contributed by atoms with van der Waals surface area (Å²) >= 11 is 0. The standard InChI is InChI=1S/C19H19N3O2/c1-12-5-4-6-16-13(12)7-8-22(16)19-14-9-17(23-2)18(24-3)10-15(14)20-11-21-19/h4-6,9-11H,7-8H2,1-3H3. The molecule has 122 valence electrons. The molecular weight excluding hydrogens is 302 g/mol. The molecule has 0 bridgehead atoms. The number of methoxy groups -OCH3 is 2. The predicted molar refractivity (Wildman–Crippen MR) is 94.5 cm³/mol. The molecule has 2 aromatic carbocycles. The Labute approximate surface area is 140 Å². The maximum absolute atomic E-state index is 5.45. The smallest absolute Gasteiger partial charge is 0.162 e. The van der Waals surface area contributed by atoms with Gasteiger partial charge in [0.1, 0.15) is 12.1 Å². The maximum Gasteiger partial charge on any atom is 0.162 e. The zero-order chi connectivity index (χ0) is 16.7. The van der Waals surface area contributed by atoms with E-state index in [0.29, 0.717) is 11.5 Å². The Kier molecular flexibility index (Phi) is 3.49. The molecule has 0 N–H and O–H groups in total. The Bertz CT molecular complexity index is 924. The minimum absolute atomic E-state index is 0.673. The van der Waals surface area contributed by atoms with Crippen LogP contribution in [0.15, 0.2) is 36.7 Å². The van der Waals surface area contributed by atoms with Gasteiger partial charge in [0.2, 0.25) is 0 Å². The van der Waals surface area contributed by atoms with Crippen molar-refractivity contribution in [2.45, 2.75) is 13.3 Å². The van der Waals surface area contributed by atoms with Gasteiger partial charge in [-0.2, -0.15) is 0 Å². The zero-order valence-electron chi connectivity index (χ0n) is 14.0. The van der Waals surface area contributed by atoms with Crippen molar-refractivity contribution in [3.63, 3.8) is 0 Å². The molecule has 4 rings (SSSR count). The molecule has 1 aliphatic rings. The third-order valence-corrected chi connectivity index (χ3v) is 4.64. The lowest BCUT2D eigenvalue weighted by Gasteiger charge is -2.20. The average Bonchev–Trinajstić information content (AvgIpc) is 3.05. The van der Waals surface area contributed by atoms with Crippen molar-refractivity contribution in [3.8, 4) is 11.5 Å². The molecular formula is C19H19N3O2. The lowest BCUT2D eigenvalue weighted by molar-refractivity contribution is 0.356. The van der Waals surface area contributed by atoms with Crippen LogP contribution in [0.4, 0.5) is 11.5 Å². The minimum Gasteiger partial charge on any atom is -0.493 e. The molecule has 5 nitrogen and oxygen atoms in total. The van der Waals surface area contributed by atoms with Crippen molar-refractivity contribution in [2.75, 3.05) is 25.7 Å². The van der Waals surface area contributed by atoms with Crippen LogP contribution in [-0.4, -0.2) is 30.7 Å². The normalized spacial score (nSPS) is 13.2. The fraction of sp³-hybridized carbons (Fsp3) is 0.263. The molecule has 0 spiro atoms. The quantitative estimate of drug-likeness (QED) is 0.737. The van der Waals surface area contributed by atoms with E-state index in [0.717, 1.165) is 29.7 Å². The number of aromatic nitrogens is 2. The van der Waals surface area contributed by atoms with Gasteiger partial charge < -0.3 is 14.4 Å². The van der Waals surface area contributed by atoms with E-state index >= 15 is 0 Å². The van der Waals surface area contributed by atoms with Crippen LogP contribution >= 0.6 is 0 Å². The van der Waals surface area contributed by atoms with Crippen LogP contribution in [0.25, 0.3) is 10.9 Å². The van der Waals surface area contributed by atoms with Crippen LogP contribution < -0.4 is 14.4 Å². The second-order valence-corrected chi connectivity index (χ2v) is 5.90. The van der Waals surface area contributed by atoms with E-state index in [1.165, 1.54) is 16.8 Å². The van der Waals surface area contributed by atoms with Gasteiger partial charge in [0.05, 0.1) is 19.7 Å². The molecule has 0 atom stereocenters. The van der Waals surface area contributed by atoms with Gasteiger partial charge in [-0.25, -0.2) is 9.97 Å². The number of ether oxygens (including phenoxy) is 2. The fourth-order valence-corrected chi connectivity index (χ4v) is 3.41. The lowest BCUT2D eigenvalue weighted by atomic mass is 10.1. The van der Waals surface area contributed by atoms with Gasteiger partial charge in [0.15, 0.2) is 11.5 Å². The van der Waals surface area contributed by atoms with Crippen LogP contribution in [-0.2, 0) is 6.42 Å². The van der Waals surface area contributed by atoms with E-state index in [2.05, 4.69) is 40.0 Å². The number of fused-ring (bicyclic) bond motifs is 2. The maximum atomic E-state index is 5.45. The summed E-state index contributed by atoms with van der Waals surface area (Å²) in [6.45, 7) is 3.08. The number of aryl methyl sites for hydroxylation is 1. The molecule has 0 unspecified atom stereocenters. The van der Waals surface area contributed by atoms with E-state index in [1.807, 2.05) is 12.1 Å². The highest BCUT2D eigenvalue weighted by atomic mass is 16.5. The minimum atomic E-state index is 0.673. The first-order chi connectivity index (χ1) is 11.7. The second-order valence-electron chi connectivity index (χ2n) is 5.90. The summed E-state index contributed by atoms with van der Waals surface area (Å²) in [5.74, 6) is 2.27. The number of anilines is 2. The second kappa shape index (κ2) is 5.67. The highest BCUT2D eigenvalue weighted by molar-refractivity contribution is 5.94. The first kappa shape index (κ1) is 14.8. The van der Waals surface area contributed by atoms with E-state index in [1.54, 1.807) is 20.5 Å². The molecule has 0 fully saturated rings. The SMILES string of the molecule is COc1cc2ncnc(N3CCc4c(C)cccc43)c2cc1OC. The van der Waals surface area contributed by atoms with Gasteiger partial charge in [-0.15, -0.1) is 0 Å². The lowest BCUT2D eigenvalue weighted by Crippen LogP contribution is -2.15. The molecule has 2 heterocycles. The molecule has 0 saturated carbocycles. The molecule has 0 amide bonds. The number of rotatable bonds is 3. The Morgan fingerprint density at radius 2 is 1.83 bits per heavy atom. The number of hydrogen-bond acceptors (Lipinski definition) is 5. The van der Waals surface area contributed by atoms with Gasteiger partial charge in [0, 0.05) is 23.7 Å². The Morgan fingerprint density at radius 3 is 2.62 bits per heavy atom. The van der Waals surface area contributed by atoms with Crippen molar-refractivity contribution in [1.29, 1.82) is 0 Å². The van der Waals surface area contributed by atoms with Gasteiger partial charge >= 0.3 is 0 Å². The van der Waals surface area contributed by atoms with Crippen LogP contribution in [0.2, 0.25) is 0 Å². The molecule has 0 radical (unpaired) electrons. The van der Waals surface area contributed by atoms with Gasteiger partial charge in [-0.1, -0.05) is 12.1 Å². The predicted octanol–water partition coefficient (Wildman–Crippen LogP) is 3.65. The highest BCUT2D eigenvalue weighted by Crippen LogP contribution is 2.40. The summed E-state index contributed by atoms with van der Waals surface area (Å²) < 4.78 is 10.8. The molecule has 0 saturated heterocycles. The molecule has 0 aliphatic carbocycles. The van der Waals surface area contributed by atoms with Crippen LogP contribution in [0.5, 0.6) is 11.5 Å².